The highest BCUT2D eigenvalue weighted by Gasteiger charge is 2.10. The van der Waals surface area contributed by atoms with Gasteiger partial charge in [-0.25, -0.2) is 13.9 Å². The van der Waals surface area contributed by atoms with E-state index in [2.05, 4.69) is 5.10 Å². The molecule has 0 N–H and O–H groups in total. The van der Waals surface area contributed by atoms with Crippen LogP contribution in [0.3, 0.4) is 0 Å². The molecular formula is C18H15FN2O3S3. The van der Waals surface area contributed by atoms with Crippen molar-refractivity contribution in [1.82, 2.24) is 9.78 Å². The Labute approximate surface area is 168 Å². The normalized spacial score (nSPS) is 10.6. The maximum absolute atomic E-state index is 13.4. The molecule has 0 fully saturated rings. The number of thioether (sulfide) groups is 1. The maximum atomic E-state index is 13.4. The minimum atomic E-state index is -0.481. The summed E-state index contributed by atoms with van der Waals surface area (Å²) >= 11 is 8.26. The first-order chi connectivity index (χ1) is 13.1. The van der Waals surface area contributed by atoms with Gasteiger partial charge in [-0.15, -0.1) is 5.10 Å². The molecule has 0 amide bonds. The van der Waals surface area contributed by atoms with Crippen LogP contribution in [0.5, 0.6) is 5.75 Å². The van der Waals surface area contributed by atoms with Gasteiger partial charge in [-0.05, 0) is 54.9 Å². The van der Waals surface area contributed by atoms with Gasteiger partial charge in [-0.3, -0.25) is 0 Å². The third kappa shape index (κ3) is 4.94. The fraction of sp³-hybridized carbons (Fsp3) is 0.167. The number of aromatic nitrogens is 2. The predicted molar refractivity (Wildman–Crippen MR) is 106 cm³/mol. The average molecular weight is 423 g/mol. The van der Waals surface area contributed by atoms with Crippen molar-refractivity contribution in [3.63, 3.8) is 0 Å². The van der Waals surface area contributed by atoms with E-state index in [1.165, 1.54) is 35.2 Å². The third-order valence-electron chi connectivity index (χ3n) is 3.46. The first-order valence-electron chi connectivity index (χ1n) is 7.87. The number of hydrogen-bond acceptors (Lipinski definition) is 7. The molecule has 1 heterocycles. The molecule has 2 aromatic carbocycles. The van der Waals surface area contributed by atoms with E-state index in [4.69, 9.17) is 21.7 Å². The number of para-hydroxylation sites is 1. The van der Waals surface area contributed by atoms with Gasteiger partial charge in [0.1, 0.15) is 13.2 Å². The number of hydrogen-bond donors (Lipinski definition) is 0. The number of ether oxygens (including phenoxy) is 2. The lowest BCUT2D eigenvalue weighted by Gasteiger charge is -2.08. The number of benzene rings is 2. The molecule has 140 valence electrons. The molecule has 0 saturated heterocycles. The first-order valence-corrected chi connectivity index (χ1v) is 10.3. The number of carbonyl (C=O) groups is 1. The SMILES string of the molecule is CSc1nn(-c2ccc(C(=O)OCCOc3ccccc3F)cc2)c(=S)s1. The maximum Gasteiger partial charge on any atom is 0.338 e. The van der Waals surface area contributed by atoms with Crippen LogP contribution >= 0.6 is 35.3 Å². The molecule has 5 nitrogen and oxygen atoms in total. The van der Waals surface area contributed by atoms with Crippen molar-refractivity contribution in [2.45, 2.75) is 4.34 Å². The van der Waals surface area contributed by atoms with Crippen LogP contribution in [-0.4, -0.2) is 35.2 Å². The lowest BCUT2D eigenvalue weighted by Crippen LogP contribution is -2.13. The van der Waals surface area contributed by atoms with E-state index in [1.807, 2.05) is 6.26 Å². The molecule has 0 aliphatic heterocycles. The van der Waals surface area contributed by atoms with Crippen LogP contribution in [0.2, 0.25) is 0 Å². The predicted octanol–water partition coefficient (Wildman–Crippen LogP) is 4.76. The zero-order valence-corrected chi connectivity index (χ0v) is 16.7. The van der Waals surface area contributed by atoms with E-state index in [9.17, 15) is 9.18 Å². The van der Waals surface area contributed by atoms with Crippen LogP contribution in [0, 0.1) is 9.77 Å². The summed E-state index contributed by atoms with van der Waals surface area (Å²) < 4.78 is 27.0. The Balaban J connectivity index is 1.55. The van der Waals surface area contributed by atoms with Gasteiger partial charge in [0.15, 0.2) is 19.9 Å². The summed E-state index contributed by atoms with van der Waals surface area (Å²) in [6.45, 7) is 0.0827. The number of rotatable bonds is 7. The van der Waals surface area contributed by atoms with Crippen LogP contribution in [-0.2, 0) is 4.74 Å². The molecule has 0 radical (unpaired) electrons. The summed E-state index contributed by atoms with van der Waals surface area (Å²) in [4.78, 5) is 12.1. The molecule has 0 saturated carbocycles. The summed E-state index contributed by atoms with van der Waals surface area (Å²) in [6, 6.07) is 12.9. The summed E-state index contributed by atoms with van der Waals surface area (Å²) in [7, 11) is 0. The molecule has 0 aliphatic carbocycles. The zero-order chi connectivity index (χ0) is 19.2. The highest BCUT2D eigenvalue weighted by Crippen LogP contribution is 2.22. The Kier molecular flexibility index (Phi) is 6.59. The van der Waals surface area contributed by atoms with Crippen molar-refractivity contribution in [1.29, 1.82) is 0 Å². The number of halogens is 1. The minimum Gasteiger partial charge on any atom is -0.487 e. The molecule has 27 heavy (non-hydrogen) atoms. The minimum absolute atomic E-state index is 0.0170. The Bertz CT molecular complexity index is 986. The number of esters is 1. The van der Waals surface area contributed by atoms with E-state index >= 15 is 0 Å². The number of nitrogens with zero attached hydrogens (tertiary/aromatic N) is 2. The smallest absolute Gasteiger partial charge is 0.338 e. The molecule has 0 unspecified atom stereocenters. The van der Waals surface area contributed by atoms with Gasteiger partial charge < -0.3 is 9.47 Å². The topological polar surface area (TPSA) is 53.4 Å². The van der Waals surface area contributed by atoms with Crippen LogP contribution in [0.4, 0.5) is 4.39 Å². The van der Waals surface area contributed by atoms with Crippen molar-refractivity contribution in [3.8, 4) is 11.4 Å². The molecule has 9 heteroatoms. The van der Waals surface area contributed by atoms with Crippen molar-refractivity contribution in [2.24, 2.45) is 0 Å². The highest BCUT2D eigenvalue weighted by molar-refractivity contribution is 8.00. The van der Waals surface area contributed by atoms with Gasteiger partial charge in [-0.2, -0.15) is 0 Å². The van der Waals surface area contributed by atoms with E-state index in [-0.39, 0.29) is 19.0 Å². The van der Waals surface area contributed by atoms with Crippen molar-refractivity contribution < 1.29 is 18.7 Å². The van der Waals surface area contributed by atoms with Crippen molar-refractivity contribution in [3.05, 3.63) is 63.9 Å². The first kappa shape index (κ1) is 19.5. The summed E-state index contributed by atoms with van der Waals surface area (Å²) in [5, 5.41) is 4.40. The summed E-state index contributed by atoms with van der Waals surface area (Å²) in [6.07, 6.45) is 1.94. The van der Waals surface area contributed by atoms with Crippen molar-refractivity contribution >= 4 is 41.3 Å². The lowest BCUT2D eigenvalue weighted by atomic mass is 10.2. The molecular weight excluding hydrogens is 407 g/mol. The van der Waals surface area contributed by atoms with Crippen molar-refractivity contribution in [2.75, 3.05) is 19.5 Å². The second-order valence-electron chi connectivity index (χ2n) is 5.21. The molecule has 3 aromatic rings. The monoisotopic (exact) mass is 422 g/mol. The van der Waals surface area contributed by atoms with Gasteiger partial charge in [0.05, 0.1) is 11.3 Å². The van der Waals surface area contributed by atoms with Gasteiger partial charge in [0.25, 0.3) is 0 Å². The Morgan fingerprint density at radius 1 is 1.22 bits per heavy atom. The summed E-state index contributed by atoms with van der Waals surface area (Å²) in [5.74, 6) is -0.808. The van der Waals surface area contributed by atoms with Crippen LogP contribution in [0.1, 0.15) is 10.4 Å². The van der Waals surface area contributed by atoms with E-state index < -0.39 is 11.8 Å². The molecule has 1 aromatic heterocycles. The second kappa shape index (κ2) is 9.12. The molecule has 3 rings (SSSR count). The fourth-order valence-electron chi connectivity index (χ4n) is 2.18. The molecule has 0 bridgehead atoms. The molecule has 0 spiro atoms. The lowest BCUT2D eigenvalue weighted by molar-refractivity contribution is 0.0448. The van der Waals surface area contributed by atoms with E-state index in [0.29, 0.717) is 9.52 Å². The highest BCUT2D eigenvalue weighted by atomic mass is 32.2. The number of carbonyl (C=O) groups excluding carboxylic acids is 1. The summed E-state index contributed by atoms with van der Waals surface area (Å²) in [5.41, 5.74) is 1.17. The van der Waals surface area contributed by atoms with Crippen LogP contribution in [0.15, 0.2) is 52.9 Å². The molecule has 0 atom stereocenters. The van der Waals surface area contributed by atoms with Crippen LogP contribution < -0.4 is 4.74 Å². The molecule has 0 aliphatic rings. The van der Waals surface area contributed by atoms with Gasteiger partial charge in [-0.1, -0.05) is 35.2 Å². The third-order valence-corrected chi connectivity index (χ3v) is 5.67. The fourth-order valence-corrected chi connectivity index (χ4v) is 3.96. The second-order valence-corrected chi connectivity index (χ2v) is 7.89. The van der Waals surface area contributed by atoms with Gasteiger partial charge in [0.2, 0.25) is 0 Å². The van der Waals surface area contributed by atoms with E-state index in [0.717, 1.165) is 10.0 Å². The Hall–Kier alpha value is -2.23. The van der Waals surface area contributed by atoms with Gasteiger partial charge in [0, 0.05) is 0 Å². The standard InChI is InChI=1S/C18H15FN2O3S3/c1-26-17-20-21(18(25)27-17)13-8-6-12(7-9-13)16(22)24-11-10-23-15-5-3-2-4-14(15)19/h2-9H,10-11H2,1H3. The average Bonchev–Trinajstić information content (AvgIpc) is 3.07. The largest absolute Gasteiger partial charge is 0.487 e. The van der Waals surface area contributed by atoms with Gasteiger partial charge >= 0.3 is 5.97 Å². The quantitative estimate of drug-likeness (QED) is 0.237. The van der Waals surface area contributed by atoms with Crippen LogP contribution in [0.25, 0.3) is 5.69 Å². The Morgan fingerprint density at radius 2 is 1.96 bits per heavy atom. The Morgan fingerprint density at radius 3 is 2.63 bits per heavy atom. The van der Waals surface area contributed by atoms with E-state index in [1.54, 1.807) is 41.1 Å². The zero-order valence-electron chi connectivity index (χ0n) is 14.3.